The molecule has 2 N–H and O–H groups in total. The molecule has 0 unspecified atom stereocenters. The predicted molar refractivity (Wildman–Crippen MR) is 79.4 cm³/mol. The Kier molecular flexibility index (Phi) is 5.08. The summed E-state index contributed by atoms with van der Waals surface area (Å²) in [5.74, 6) is -0.330. The van der Waals surface area contributed by atoms with Gasteiger partial charge in [0.05, 0.1) is 13.2 Å². The fraction of sp³-hybridized carbons (Fsp3) is 0.333. The standard InChI is InChI=1S/C15H18N2O4/c1-21-9-7-17(6-8-18)15(20)13-10-11-4-2-3-5-12(11)14(19)16-13/h2-5,10,18H,6-9H2,1H3,(H,16,19). The van der Waals surface area contributed by atoms with E-state index in [4.69, 9.17) is 9.84 Å². The number of fused-ring (bicyclic) bond motifs is 1. The van der Waals surface area contributed by atoms with Gasteiger partial charge >= 0.3 is 0 Å². The highest BCUT2D eigenvalue weighted by molar-refractivity contribution is 5.96. The van der Waals surface area contributed by atoms with Crippen LogP contribution in [0.3, 0.4) is 0 Å². The fourth-order valence-corrected chi connectivity index (χ4v) is 2.13. The average molecular weight is 290 g/mol. The second kappa shape index (κ2) is 7.01. The maximum Gasteiger partial charge on any atom is 0.270 e. The lowest BCUT2D eigenvalue weighted by Gasteiger charge is -2.21. The van der Waals surface area contributed by atoms with E-state index in [2.05, 4.69) is 4.98 Å². The van der Waals surface area contributed by atoms with Crippen molar-refractivity contribution in [2.45, 2.75) is 0 Å². The van der Waals surface area contributed by atoms with Crippen LogP contribution in [0.15, 0.2) is 35.1 Å². The smallest absolute Gasteiger partial charge is 0.270 e. The van der Waals surface area contributed by atoms with Crippen LogP contribution in [0, 0.1) is 0 Å². The summed E-state index contributed by atoms with van der Waals surface area (Å²) in [7, 11) is 1.54. The van der Waals surface area contributed by atoms with E-state index in [1.807, 2.05) is 6.07 Å². The number of aliphatic hydroxyl groups is 1. The quantitative estimate of drug-likeness (QED) is 0.816. The lowest BCUT2D eigenvalue weighted by atomic mass is 10.1. The lowest BCUT2D eigenvalue weighted by molar-refractivity contribution is 0.0651. The zero-order chi connectivity index (χ0) is 15.2. The number of methoxy groups -OCH3 is 1. The maximum absolute atomic E-state index is 12.4. The Hall–Kier alpha value is -2.18. The molecule has 112 valence electrons. The van der Waals surface area contributed by atoms with E-state index >= 15 is 0 Å². The van der Waals surface area contributed by atoms with Gasteiger partial charge in [-0.15, -0.1) is 0 Å². The highest BCUT2D eigenvalue weighted by Gasteiger charge is 2.17. The first-order chi connectivity index (χ1) is 10.2. The molecule has 6 heteroatoms. The van der Waals surface area contributed by atoms with Crippen LogP contribution in [0.5, 0.6) is 0 Å². The van der Waals surface area contributed by atoms with Crippen molar-refractivity contribution in [2.75, 3.05) is 33.4 Å². The second-order valence-electron chi connectivity index (χ2n) is 4.61. The molecule has 0 saturated carbocycles. The molecule has 0 aliphatic heterocycles. The first kappa shape index (κ1) is 15.2. The number of hydrogen-bond acceptors (Lipinski definition) is 4. The number of carbonyl (C=O) groups excluding carboxylic acids is 1. The molecule has 0 atom stereocenters. The molecule has 0 bridgehead atoms. The Morgan fingerprint density at radius 2 is 2.10 bits per heavy atom. The molecule has 0 spiro atoms. The molecular weight excluding hydrogens is 272 g/mol. The minimum absolute atomic E-state index is 0.146. The highest BCUT2D eigenvalue weighted by atomic mass is 16.5. The molecule has 6 nitrogen and oxygen atoms in total. The van der Waals surface area contributed by atoms with Crippen molar-refractivity contribution < 1.29 is 14.6 Å². The third-order valence-electron chi connectivity index (χ3n) is 3.21. The normalized spacial score (nSPS) is 10.8. The number of ether oxygens (including phenoxy) is 1. The summed E-state index contributed by atoms with van der Waals surface area (Å²) in [6, 6.07) is 8.73. The van der Waals surface area contributed by atoms with Crippen molar-refractivity contribution in [3.05, 3.63) is 46.4 Å². The topological polar surface area (TPSA) is 82.6 Å². The number of nitrogens with zero attached hydrogens (tertiary/aromatic N) is 1. The molecule has 2 rings (SSSR count). The van der Waals surface area contributed by atoms with E-state index in [-0.39, 0.29) is 30.3 Å². The Morgan fingerprint density at radius 3 is 2.81 bits per heavy atom. The van der Waals surface area contributed by atoms with Gasteiger partial charge in [0.1, 0.15) is 5.69 Å². The van der Waals surface area contributed by atoms with Gasteiger partial charge in [-0.05, 0) is 17.5 Å². The Morgan fingerprint density at radius 1 is 1.33 bits per heavy atom. The summed E-state index contributed by atoms with van der Waals surface area (Å²) >= 11 is 0. The van der Waals surface area contributed by atoms with Crippen LogP contribution >= 0.6 is 0 Å². The number of benzene rings is 1. The van der Waals surface area contributed by atoms with Crippen molar-refractivity contribution >= 4 is 16.7 Å². The SMILES string of the molecule is COCCN(CCO)C(=O)c1cc2ccccc2c(=O)[nH]1. The molecule has 0 saturated heterocycles. The fourth-order valence-electron chi connectivity index (χ4n) is 2.13. The lowest BCUT2D eigenvalue weighted by Crippen LogP contribution is -2.37. The Balaban J connectivity index is 2.35. The van der Waals surface area contributed by atoms with Gasteiger partial charge in [-0.25, -0.2) is 0 Å². The van der Waals surface area contributed by atoms with E-state index in [1.165, 1.54) is 4.90 Å². The summed E-state index contributed by atoms with van der Waals surface area (Å²) in [5.41, 5.74) is -0.0876. The first-order valence-corrected chi connectivity index (χ1v) is 6.68. The van der Waals surface area contributed by atoms with Crippen LogP contribution in [-0.2, 0) is 4.74 Å². The minimum atomic E-state index is -0.330. The number of aromatic amines is 1. The van der Waals surface area contributed by atoms with E-state index in [0.29, 0.717) is 23.9 Å². The molecule has 1 aromatic carbocycles. The molecule has 0 radical (unpaired) electrons. The largest absolute Gasteiger partial charge is 0.395 e. The number of pyridine rings is 1. The number of H-pyrrole nitrogens is 1. The van der Waals surface area contributed by atoms with Crippen molar-refractivity contribution in [2.24, 2.45) is 0 Å². The molecule has 1 aromatic heterocycles. The van der Waals surface area contributed by atoms with Crippen molar-refractivity contribution in [1.29, 1.82) is 0 Å². The van der Waals surface area contributed by atoms with Gasteiger partial charge in [-0.2, -0.15) is 0 Å². The second-order valence-corrected chi connectivity index (χ2v) is 4.61. The van der Waals surface area contributed by atoms with Crippen LogP contribution in [0.4, 0.5) is 0 Å². The molecule has 1 amide bonds. The third-order valence-corrected chi connectivity index (χ3v) is 3.21. The number of carbonyl (C=O) groups is 1. The number of aromatic nitrogens is 1. The van der Waals surface area contributed by atoms with Gasteiger partial charge in [0.2, 0.25) is 0 Å². The van der Waals surface area contributed by atoms with Gasteiger partial charge < -0.3 is 19.7 Å². The Bertz CT molecular complexity index is 681. The van der Waals surface area contributed by atoms with Crippen LogP contribution in [0.25, 0.3) is 10.8 Å². The zero-order valence-corrected chi connectivity index (χ0v) is 11.8. The number of rotatable bonds is 6. The number of hydrogen-bond donors (Lipinski definition) is 2. The van der Waals surface area contributed by atoms with Gasteiger partial charge in [0.25, 0.3) is 11.5 Å². The van der Waals surface area contributed by atoms with E-state index in [9.17, 15) is 9.59 Å². The predicted octanol–water partition coefficient (Wildman–Crippen LogP) is 0.609. The van der Waals surface area contributed by atoms with Crippen molar-refractivity contribution in [1.82, 2.24) is 9.88 Å². The molecule has 21 heavy (non-hydrogen) atoms. The zero-order valence-electron chi connectivity index (χ0n) is 11.8. The highest BCUT2D eigenvalue weighted by Crippen LogP contribution is 2.11. The summed E-state index contributed by atoms with van der Waals surface area (Å²) in [5, 5.41) is 10.3. The van der Waals surface area contributed by atoms with Crippen LogP contribution in [-0.4, -0.2) is 54.3 Å². The number of nitrogens with one attached hydrogen (secondary N) is 1. The van der Waals surface area contributed by atoms with Crippen molar-refractivity contribution in [3.63, 3.8) is 0 Å². The average Bonchev–Trinajstić information content (AvgIpc) is 2.50. The Labute approximate surface area is 122 Å². The van der Waals surface area contributed by atoms with Crippen molar-refractivity contribution in [3.8, 4) is 0 Å². The van der Waals surface area contributed by atoms with Crippen LogP contribution < -0.4 is 5.56 Å². The molecule has 0 aliphatic carbocycles. The molecule has 0 aliphatic rings. The van der Waals surface area contributed by atoms with Gasteiger partial charge in [0, 0.05) is 25.6 Å². The van der Waals surface area contributed by atoms with Gasteiger partial charge in [0.15, 0.2) is 0 Å². The summed E-state index contributed by atoms with van der Waals surface area (Å²) in [6.07, 6.45) is 0. The molecule has 0 fully saturated rings. The van der Waals surface area contributed by atoms with E-state index in [1.54, 1.807) is 31.4 Å². The van der Waals surface area contributed by atoms with Crippen LogP contribution in [0.1, 0.15) is 10.5 Å². The number of aliphatic hydroxyl groups excluding tert-OH is 1. The van der Waals surface area contributed by atoms with Gasteiger partial charge in [-0.1, -0.05) is 18.2 Å². The number of amides is 1. The summed E-state index contributed by atoms with van der Waals surface area (Å²) in [4.78, 5) is 28.5. The molecule has 1 heterocycles. The van der Waals surface area contributed by atoms with Gasteiger partial charge in [-0.3, -0.25) is 9.59 Å². The third kappa shape index (κ3) is 3.48. The first-order valence-electron chi connectivity index (χ1n) is 6.68. The maximum atomic E-state index is 12.4. The van der Waals surface area contributed by atoms with E-state index < -0.39 is 0 Å². The van der Waals surface area contributed by atoms with E-state index in [0.717, 1.165) is 0 Å². The summed E-state index contributed by atoms with van der Waals surface area (Å²) < 4.78 is 4.95. The molecule has 2 aromatic rings. The summed E-state index contributed by atoms with van der Waals surface area (Å²) in [6.45, 7) is 0.763. The van der Waals surface area contributed by atoms with Crippen LogP contribution in [0.2, 0.25) is 0 Å². The minimum Gasteiger partial charge on any atom is -0.395 e. The molecular formula is C15H18N2O4. The monoisotopic (exact) mass is 290 g/mol.